The standard InChI is InChI=1S/C20H16ClN3O5S/c1-13-18(8-5-9-19(13)24(26)27)22-20(25)16-12-14(10-11-17(16)21)23-30(28,29)15-6-3-2-4-7-15/h2-12,23H,1H3,(H,22,25). The first kappa shape index (κ1) is 21.3. The van der Waals surface area contributed by atoms with Gasteiger partial charge in [0.2, 0.25) is 0 Å². The highest BCUT2D eigenvalue weighted by Gasteiger charge is 2.19. The van der Waals surface area contributed by atoms with Crippen LogP contribution in [0.5, 0.6) is 0 Å². The van der Waals surface area contributed by atoms with Crippen molar-refractivity contribution in [2.24, 2.45) is 0 Å². The minimum Gasteiger partial charge on any atom is -0.321 e. The van der Waals surface area contributed by atoms with Crippen molar-refractivity contribution in [2.45, 2.75) is 11.8 Å². The second-order valence-electron chi connectivity index (χ2n) is 6.27. The summed E-state index contributed by atoms with van der Waals surface area (Å²) >= 11 is 6.12. The third-order valence-corrected chi connectivity index (χ3v) is 5.99. The Balaban J connectivity index is 1.88. The number of hydrogen-bond acceptors (Lipinski definition) is 5. The highest BCUT2D eigenvalue weighted by Crippen LogP contribution is 2.28. The number of benzene rings is 3. The molecule has 3 aromatic carbocycles. The number of nitrogens with zero attached hydrogens (tertiary/aromatic N) is 1. The summed E-state index contributed by atoms with van der Waals surface area (Å²) in [6, 6.07) is 16.2. The number of carbonyl (C=O) groups excluding carboxylic acids is 1. The summed E-state index contributed by atoms with van der Waals surface area (Å²) in [4.78, 5) is 23.3. The molecule has 3 rings (SSSR count). The van der Waals surface area contributed by atoms with Crippen molar-refractivity contribution in [3.8, 4) is 0 Å². The van der Waals surface area contributed by atoms with Crippen molar-refractivity contribution >= 4 is 44.6 Å². The number of sulfonamides is 1. The maximum Gasteiger partial charge on any atom is 0.274 e. The monoisotopic (exact) mass is 445 g/mol. The molecule has 10 heteroatoms. The second kappa shape index (κ2) is 8.52. The van der Waals surface area contributed by atoms with Crippen LogP contribution in [0.1, 0.15) is 15.9 Å². The van der Waals surface area contributed by atoms with E-state index in [2.05, 4.69) is 10.0 Å². The summed E-state index contributed by atoms with van der Waals surface area (Å²) in [5.74, 6) is -0.635. The number of nitrogens with one attached hydrogen (secondary N) is 2. The Kier molecular flexibility index (Phi) is 6.04. The number of amides is 1. The van der Waals surface area contributed by atoms with E-state index in [1.54, 1.807) is 18.2 Å². The molecule has 0 bridgehead atoms. The number of hydrogen-bond donors (Lipinski definition) is 2. The van der Waals surface area contributed by atoms with Gasteiger partial charge in [-0.15, -0.1) is 0 Å². The molecule has 154 valence electrons. The molecule has 0 aliphatic carbocycles. The van der Waals surface area contributed by atoms with Crippen LogP contribution >= 0.6 is 11.6 Å². The number of carbonyl (C=O) groups is 1. The van der Waals surface area contributed by atoms with Crippen LogP contribution in [0.2, 0.25) is 5.02 Å². The van der Waals surface area contributed by atoms with E-state index in [1.165, 1.54) is 55.5 Å². The zero-order valence-corrected chi connectivity index (χ0v) is 17.2. The summed E-state index contributed by atoms with van der Waals surface area (Å²) in [5.41, 5.74) is 0.553. The van der Waals surface area contributed by atoms with Crippen molar-refractivity contribution < 1.29 is 18.1 Å². The van der Waals surface area contributed by atoms with Gasteiger partial charge in [0.05, 0.1) is 31.7 Å². The lowest BCUT2D eigenvalue weighted by atomic mass is 10.1. The molecular weight excluding hydrogens is 430 g/mol. The molecule has 0 atom stereocenters. The van der Waals surface area contributed by atoms with Gasteiger partial charge >= 0.3 is 0 Å². The fraction of sp³-hybridized carbons (Fsp3) is 0.0500. The number of nitro groups is 1. The third kappa shape index (κ3) is 4.58. The largest absolute Gasteiger partial charge is 0.321 e. The maximum absolute atomic E-state index is 12.7. The van der Waals surface area contributed by atoms with Crippen LogP contribution in [0.3, 0.4) is 0 Å². The van der Waals surface area contributed by atoms with Crippen molar-refractivity contribution in [3.05, 3.63) is 93.0 Å². The normalized spacial score (nSPS) is 11.0. The number of halogens is 1. The fourth-order valence-corrected chi connectivity index (χ4v) is 4.00. The van der Waals surface area contributed by atoms with E-state index in [1.807, 2.05) is 0 Å². The summed E-state index contributed by atoms with van der Waals surface area (Å²) in [5, 5.41) is 13.8. The van der Waals surface area contributed by atoms with Crippen molar-refractivity contribution in [2.75, 3.05) is 10.0 Å². The molecule has 0 aliphatic heterocycles. The lowest BCUT2D eigenvalue weighted by molar-refractivity contribution is -0.385. The lowest BCUT2D eigenvalue weighted by Crippen LogP contribution is -2.16. The molecule has 30 heavy (non-hydrogen) atoms. The molecule has 0 fully saturated rings. The van der Waals surface area contributed by atoms with Crippen molar-refractivity contribution in [1.82, 2.24) is 0 Å². The van der Waals surface area contributed by atoms with Gasteiger partial charge in [0.1, 0.15) is 0 Å². The quantitative estimate of drug-likeness (QED) is 0.424. The Morgan fingerprint density at radius 3 is 2.40 bits per heavy atom. The van der Waals surface area contributed by atoms with E-state index < -0.39 is 20.9 Å². The Labute approximate surface area is 177 Å². The first-order valence-corrected chi connectivity index (χ1v) is 10.5. The molecule has 0 unspecified atom stereocenters. The average molecular weight is 446 g/mol. The van der Waals surface area contributed by atoms with E-state index in [0.29, 0.717) is 0 Å². The van der Waals surface area contributed by atoms with Gasteiger partial charge in [0, 0.05) is 11.8 Å². The molecule has 0 spiro atoms. The van der Waals surface area contributed by atoms with E-state index in [9.17, 15) is 23.3 Å². The van der Waals surface area contributed by atoms with Crippen LogP contribution in [0.25, 0.3) is 0 Å². The molecule has 0 saturated heterocycles. The van der Waals surface area contributed by atoms with Crippen LogP contribution in [0.15, 0.2) is 71.6 Å². The van der Waals surface area contributed by atoms with Gasteiger partial charge in [0.15, 0.2) is 0 Å². The molecule has 0 radical (unpaired) electrons. The predicted octanol–water partition coefficient (Wildman–Crippen LogP) is 4.61. The first-order chi connectivity index (χ1) is 14.2. The lowest BCUT2D eigenvalue weighted by Gasteiger charge is -2.12. The van der Waals surface area contributed by atoms with Gasteiger partial charge in [-0.2, -0.15) is 0 Å². The smallest absolute Gasteiger partial charge is 0.274 e. The van der Waals surface area contributed by atoms with Crippen molar-refractivity contribution in [3.63, 3.8) is 0 Å². The summed E-state index contributed by atoms with van der Waals surface area (Å²) in [6.07, 6.45) is 0. The highest BCUT2D eigenvalue weighted by atomic mass is 35.5. The third-order valence-electron chi connectivity index (χ3n) is 4.27. The van der Waals surface area contributed by atoms with Crippen LogP contribution in [-0.4, -0.2) is 19.2 Å². The summed E-state index contributed by atoms with van der Waals surface area (Å²) in [7, 11) is -3.85. The molecule has 8 nitrogen and oxygen atoms in total. The van der Waals surface area contributed by atoms with E-state index in [0.717, 1.165) is 0 Å². The Bertz CT molecular complexity index is 1230. The minimum absolute atomic E-state index is 0.0100. The average Bonchev–Trinajstić information content (AvgIpc) is 2.71. The molecule has 0 aromatic heterocycles. The van der Waals surface area contributed by atoms with Gasteiger partial charge in [-0.25, -0.2) is 8.42 Å². The molecular formula is C20H16ClN3O5S. The fourth-order valence-electron chi connectivity index (χ4n) is 2.72. The molecule has 1 amide bonds. The number of nitro benzene ring substituents is 1. The zero-order chi connectivity index (χ0) is 21.9. The minimum atomic E-state index is -3.85. The molecule has 0 saturated carbocycles. The summed E-state index contributed by atoms with van der Waals surface area (Å²) in [6.45, 7) is 1.51. The van der Waals surface area contributed by atoms with Gasteiger partial charge < -0.3 is 5.32 Å². The zero-order valence-electron chi connectivity index (χ0n) is 15.6. The van der Waals surface area contributed by atoms with Gasteiger partial charge in [-0.1, -0.05) is 35.9 Å². The predicted molar refractivity (Wildman–Crippen MR) is 114 cm³/mol. The molecule has 0 aliphatic rings. The number of anilines is 2. The van der Waals surface area contributed by atoms with Crippen LogP contribution in [-0.2, 0) is 10.0 Å². The van der Waals surface area contributed by atoms with Gasteiger partial charge in [-0.05, 0) is 43.3 Å². The van der Waals surface area contributed by atoms with Crippen LogP contribution in [0, 0.1) is 17.0 Å². The van der Waals surface area contributed by atoms with Crippen LogP contribution in [0.4, 0.5) is 17.1 Å². The second-order valence-corrected chi connectivity index (χ2v) is 8.36. The SMILES string of the molecule is Cc1c(NC(=O)c2cc(NS(=O)(=O)c3ccccc3)ccc2Cl)cccc1[N+](=O)[O-]. The van der Waals surface area contributed by atoms with Crippen LogP contribution < -0.4 is 10.0 Å². The maximum atomic E-state index is 12.7. The highest BCUT2D eigenvalue weighted by molar-refractivity contribution is 7.92. The van der Waals surface area contributed by atoms with E-state index in [-0.39, 0.29) is 38.1 Å². The molecule has 3 aromatic rings. The van der Waals surface area contributed by atoms with E-state index in [4.69, 9.17) is 11.6 Å². The molecule has 0 heterocycles. The van der Waals surface area contributed by atoms with Gasteiger partial charge in [-0.3, -0.25) is 19.6 Å². The topological polar surface area (TPSA) is 118 Å². The summed E-state index contributed by atoms with van der Waals surface area (Å²) < 4.78 is 27.4. The van der Waals surface area contributed by atoms with Crippen molar-refractivity contribution in [1.29, 1.82) is 0 Å². The van der Waals surface area contributed by atoms with Gasteiger partial charge in [0.25, 0.3) is 21.6 Å². The number of rotatable bonds is 6. The Hall–Kier alpha value is -3.43. The molecule has 2 N–H and O–H groups in total. The van der Waals surface area contributed by atoms with E-state index >= 15 is 0 Å². The Morgan fingerprint density at radius 1 is 1.03 bits per heavy atom. The first-order valence-electron chi connectivity index (χ1n) is 8.62. The Morgan fingerprint density at radius 2 is 1.73 bits per heavy atom.